The molecule has 2 aromatic carbocycles. The highest BCUT2D eigenvalue weighted by Gasteiger charge is 2.21. The predicted octanol–water partition coefficient (Wildman–Crippen LogP) is 5.92. The van der Waals surface area contributed by atoms with E-state index in [0.29, 0.717) is 5.69 Å². The van der Waals surface area contributed by atoms with Gasteiger partial charge in [0, 0.05) is 12.7 Å². The van der Waals surface area contributed by atoms with Gasteiger partial charge in [0.1, 0.15) is 23.7 Å². The topological polar surface area (TPSA) is 80.7 Å². The van der Waals surface area contributed by atoms with E-state index in [1.165, 1.54) is 18.3 Å². The van der Waals surface area contributed by atoms with E-state index in [-0.39, 0.29) is 48.7 Å². The summed E-state index contributed by atoms with van der Waals surface area (Å²) in [5, 5.41) is 13.7. The lowest BCUT2D eigenvalue weighted by molar-refractivity contribution is 0.0252. The van der Waals surface area contributed by atoms with Crippen LogP contribution >= 0.6 is 0 Å². The second-order valence-corrected chi connectivity index (χ2v) is 8.39. The monoisotopic (exact) mass is 480 g/mol. The molecule has 0 aliphatic heterocycles. The van der Waals surface area contributed by atoms with Crippen LogP contribution in [0.3, 0.4) is 0 Å². The maximum atomic E-state index is 13.1. The standard InChI is InChI=1S/C28H33FN2O4/c1-3-8-23(9-4-2)34-19-25-27(35-18-21-10-6-5-7-11-21)26(32)24(17-30-25)28(33)31-16-20-12-14-22(29)15-13-20/h5-7,10-15,17,23H,3-4,8-9,16,18-19H2,1-2H3,(H,30,32)(H,31,33). The van der Waals surface area contributed by atoms with Crippen LogP contribution < -0.4 is 10.1 Å². The number of aromatic nitrogens is 1. The van der Waals surface area contributed by atoms with Gasteiger partial charge in [-0.3, -0.25) is 9.78 Å². The molecule has 1 heterocycles. The molecule has 3 rings (SSSR count). The van der Waals surface area contributed by atoms with Gasteiger partial charge in [-0.25, -0.2) is 4.39 Å². The van der Waals surface area contributed by atoms with Crippen LogP contribution in [0.25, 0.3) is 0 Å². The summed E-state index contributed by atoms with van der Waals surface area (Å²) >= 11 is 0. The van der Waals surface area contributed by atoms with Crippen LogP contribution in [0.1, 0.15) is 66.7 Å². The summed E-state index contributed by atoms with van der Waals surface area (Å²) in [5.74, 6) is -1.00. The molecule has 0 bridgehead atoms. The number of carbonyl (C=O) groups is 1. The van der Waals surface area contributed by atoms with Crippen LogP contribution in [-0.4, -0.2) is 22.1 Å². The highest BCUT2D eigenvalue weighted by atomic mass is 19.1. The second kappa shape index (κ2) is 13.4. The number of amides is 1. The summed E-state index contributed by atoms with van der Waals surface area (Å²) in [7, 11) is 0. The largest absolute Gasteiger partial charge is 0.504 e. The predicted molar refractivity (Wildman–Crippen MR) is 133 cm³/mol. The Hall–Kier alpha value is -3.45. The first-order chi connectivity index (χ1) is 17.0. The summed E-state index contributed by atoms with van der Waals surface area (Å²) < 4.78 is 25.2. The fourth-order valence-electron chi connectivity index (χ4n) is 3.70. The van der Waals surface area contributed by atoms with Crippen molar-refractivity contribution in [2.45, 2.75) is 65.4 Å². The molecule has 3 aromatic rings. The maximum Gasteiger partial charge on any atom is 0.257 e. The summed E-state index contributed by atoms with van der Waals surface area (Å²) in [6.07, 6.45) is 5.31. The molecule has 0 aliphatic carbocycles. The van der Waals surface area contributed by atoms with E-state index < -0.39 is 5.91 Å². The Labute approximate surface area is 206 Å². The number of pyridine rings is 1. The number of aromatic hydroxyl groups is 1. The zero-order valence-electron chi connectivity index (χ0n) is 20.3. The zero-order valence-corrected chi connectivity index (χ0v) is 20.3. The van der Waals surface area contributed by atoms with E-state index in [2.05, 4.69) is 24.1 Å². The molecule has 35 heavy (non-hydrogen) atoms. The third-order valence-corrected chi connectivity index (χ3v) is 5.60. The van der Waals surface area contributed by atoms with Crippen molar-refractivity contribution in [3.05, 3.63) is 89.0 Å². The number of benzene rings is 2. The number of carbonyl (C=O) groups excluding carboxylic acids is 1. The van der Waals surface area contributed by atoms with Crippen molar-refractivity contribution in [1.29, 1.82) is 0 Å². The van der Waals surface area contributed by atoms with Gasteiger partial charge in [-0.2, -0.15) is 0 Å². The quantitative estimate of drug-likeness (QED) is 0.317. The van der Waals surface area contributed by atoms with Gasteiger partial charge >= 0.3 is 0 Å². The van der Waals surface area contributed by atoms with Crippen molar-refractivity contribution in [3.63, 3.8) is 0 Å². The van der Waals surface area contributed by atoms with Crippen LogP contribution in [0.5, 0.6) is 11.5 Å². The highest BCUT2D eigenvalue weighted by molar-refractivity contribution is 5.97. The number of hydrogen-bond donors (Lipinski definition) is 2. The van der Waals surface area contributed by atoms with Crippen molar-refractivity contribution >= 4 is 5.91 Å². The molecule has 7 heteroatoms. The number of halogens is 1. The van der Waals surface area contributed by atoms with Crippen LogP contribution in [0, 0.1) is 5.82 Å². The Bertz CT molecular complexity index is 1070. The molecule has 2 N–H and O–H groups in total. The van der Waals surface area contributed by atoms with Gasteiger partial charge in [-0.05, 0) is 36.1 Å². The lowest BCUT2D eigenvalue weighted by atomic mass is 10.1. The molecular formula is C28H33FN2O4. The minimum atomic E-state index is -0.508. The van der Waals surface area contributed by atoms with E-state index in [1.54, 1.807) is 12.1 Å². The second-order valence-electron chi connectivity index (χ2n) is 8.39. The Balaban J connectivity index is 1.79. The molecule has 0 saturated heterocycles. The van der Waals surface area contributed by atoms with E-state index in [9.17, 15) is 14.3 Å². The van der Waals surface area contributed by atoms with Crippen LogP contribution in [0.2, 0.25) is 0 Å². The summed E-state index contributed by atoms with van der Waals surface area (Å²) in [6, 6.07) is 15.4. The molecule has 0 atom stereocenters. The van der Waals surface area contributed by atoms with Crippen molar-refractivity contribution in [2.24, 2.45) is 0 Å². The number of ether oxygens (including phenoxy) is 2. The van der Waals surface area contributed by atoms with E-state index in [1.807, 2.05) is 30.3 Å². The molecular weight excluding hydrogens is 447 g/mol. The molecule has 1 aromatic heterocycles. The number of rotatable bonds is 13. The Morgan fingerprint density at radius 2 is 1.69 bits per heavy atom. The zero-order chi connectivity index (χ0) is 25.0. The van der Waals surface area contributed by atoms with E-state index in [4.69, 9.17) is 9.47 Å². The minimum Gasteiger partial charge on any atom is -0.504 e. The van der Waals surface area contributed by atoms with Crippen molar-refractivity contribution in [2.75, 3.05) is 0 Å². The van der Waals surface area contributed by atoms with E-state index in [0.717, 1.165) is 36.8 Å². The molecule has 0 fully saturated rings. The normalized spacial score (nSPS) is 11.0. The Morgan fingerprint density at radius 1 is 1.00 bits per heavy atom. The van der Waals surface area contributed by atoms with Crippen molar-refractivity contribution in [3.8, 4) is 11.5 Å². The smallest absolute Gasteiger partial charge is 0.257 e. The average molecular weight is 481 g/mol. The van der Waals surface area contributed by atoms with Gasteiger partial charge in [0.2, 0.25) is 0 Å². The van der Waals surface area contributed by atoms with Gasteiger partial charge in [0.25, 0.3) is 5.91 Å². The van der Waals surface area contributed by atoms with Crippen LogP contribution in [-0.2, 0) is 24.5 Å². The van der Waals surface area contributed by atoms with Crippen LogP contribution in [0.15, 0.2) is 60.8 Å². The Morgan fingerprint density at radius 3 is 2.34 bits per heavy atom. The SMILES string of the molecule is CCCC(CCC)OCc1ncc(C(=O)NCc2ccc(F)cc2)c(O)c1OCc1ccccc1. The molecule has 0 radical (unpaired) electrons. The lowest BCUT2D eigenvalue weighted by Crippen LogP contribution is -2.23. The van der Waals surface area contributed by atoms with Gasteiger partial charge in [0.05, 0.1) is 12.7 Å². The minimum absolute atomic E-state index is 0.00223. The molecule has 186 valence electrons. The molecule has 0 saturated carbocycles. The van der Waals surface area contributed by atoms with Gasteiger partial charge < -0.3 is 19.9 Å². The summed E-state index contributed by atoms with van der Waals surface area (Å²) in [6.45, 7) is 4.78. The van der Waals surface area contributed by atoms with Crippen LogP contribution in [0.4, 0.5) is 4.39 Å². The summed E-state index contributed by atoms with van der Waals surface area (Å²) in [4.78, 5) is 17.2. The first-order valence-corrected chi connectivity index (χ1v) is 12.0. The summed E-state index contributed by atoms with van der Waals surface area (Å²) in [5.41, 5.74) is 2.08. The number of nitrogens with zero attached hydrogens (tertiary/aromatic N) is 1. The van der Waals surface area contributed by atoms with E-state index >= 15 is 0 Å². The lowest BCUT2D eigenvalue weighted by Gasteiger charge is -2.19. The molecule has 0 spiro atoms. The number of hydrogen-bond acceptors (Lipinski definition) is 5. The average Bonchev–Trinajstić information content (AvgIpc) is 2.87. The molecule has 6 nitrogen and oxygen atoms in total. The van der Waals surface area contributed by atoms with Gasteiger partial charge in [-0.1, -0.05) is 69.2 Å². The fraction of sp³-hybridized carbons (Fsp3) is 0.357. The van der Waals surface area contributed by atoms with Gasteiger partial charge in [0.15, 0.2) is 11.5 Å². The molecule has 0 unspecified atom stereocenters. The molecule has 0 aliphatic rings. The Kier molecular flexibility index (Phi) is 10.0. The molecule has 1 amide bonds. The van der Waals surface area contributed by atoms with Crippen molar-refractivity contribution in [1.82, 2.24) is 10.3 Å². The maximum absolute atomic E-state index is 13.1. The fourth-order valence-corrected chi connectivity index (χ4v) is 3.70. The first-order valence-electron chi connectivity index (χ1n) is 12.0. The van der Waals surface area contributed by atoms with Crippen molar-refractivity contribution < 1.29 is 23.8 Å². The first kappa shape index (κ1) is 26.2. The third-order valence-electron chi connectivity index (χ3n) is 5.60. The van der Waals surface area contributed by atoms with Gasteiger partial charge in [-0.15, -0.1) is 0 Å². The number of nitrogens with one attached hydrogen (secondary N) is 1. The third kappa shape index (κ3) is 7.79. The highest BCUT2D eigenvalue weighted by Crippen LogP contribution is 2.34.